The molecule has 2 atom stereocenters. The molecule has 25 heavy (non-hydrogen) atoms. The molecule has 2 aliphatic rings. The smallest absolute Gasteiger partial charge is 0.250 e. The van der Waals surface area contributed by atoms with Crippen LogP contribution in [0.25, 0.3) is 0 Å². The predicted octanol–water partition coefficient (Wildman–Crippen LogP) is 2.94. The van der Waals surface area contributed by atoms with Gasteiger partial charge in [-0.1, -0.05) is 12.1 Å². The molecule has 1 N–H and O–H groups in total. The lowest BCUT2D eigenvalue weighted by Crippen LogP contribution is -2.46. The lowest BCUT2D eigenvalue weighted by Gasteiger charge is -2.42. The minimum Gasteiger partial charge on any atom is -0.503 e. The number of aromatic hydroxyl groups is 1. The minimum atomic E-state index is 0.114. The van der Waals surface area contributed by atoms with Crippen LogP contribution in [-0.2, 0) is 13.1 Å². The number of benzene rings is 1. The van der Waals surface area contributed by atoms with Crippen LogP contribution in [0.4, 0.5) is 0 Å². The van der Waals surface area contributed by atoms with Crippen molar-refractivity contribution in [2.24, 2.45) is 5.92 Å². The highest BCUT2D eigenvalue weighted by molar-refractivity contribution is 9.10. The van der Waals surface area contributed by atoms with E-state index < -0.39 is 0 Å². The summed E-state index contributed by atoms with van der Waals surface area (Å²) in [5.41, 5.74) is 2.32. The summed E-state index contributed by atoms with van der Waals surface area (Å²) in [4.78, 5) is 14.5. The first-order valence-corrected chi connectivity index (χ1v) is 9.32. The van der Waals surface area contributed by atoms with Crippen LogP contribution in [0.3, 0.4) is 0 Å². The van der Waals surface area contributed by atoms with Gasteiger partial charge in [-0.25, -0.2) is 0 Å². The maximum absolute atomic E-state index is 12.1. The van der Waals surface area contributed by atoms with Crippen molar-refractivity contribution in [3.8, 4) is 11.5 Å². The fraction of sp³-hybridized carbons (Fsp3) is 0.421. The number of hydrogen-bond acceptors (Lipinski definition) is 4. The second-order valence-electron chi connectivity index (χ2n) is 6.98. The van der Waals surface area contributed by atoms with Crippen molar-refractivity contribution in [3.63, 3.8) is 0 Å². The molecule has 0 radical (unpaired) electrons. The first-order valence-electron chi connectivity index (χ1n) is 8.53. The van der Waals surface area contributed by atoms with Crippen molar-refractivity contribution in [2.45, 2.75) is 25.4 Å². The van der Waals surface area contributed by atoms with Crippen molar-refractivity contribution < 1.29 is 9.84 Å². The first-order chi connectivity index (χ1) is 12.1. The molecule has 4 rings (SSSR count). The van der Waals surface area contributed by atoms with E-state index >= 15 is 0 Å². The monoisotopic (exact) mass is 404 g/mol. The Hall–Kier alpha value is -1.79. The number of rotatable bonds is 3. The normalized spacial score (nSPS) is 22.5. The molecular weight excluding hydrogens is 384 g/mol. The van der Waals surface area contributed by atoms with Crippen LogP contribution in [0.5, 0.6) is 11.5 Å². The molecule has 0 spiro atoms. The topological polar surface area (TPSA) is 54.7 Å². The number of ether oxygens (including phenoxy) is 1. The van der Waals surface area contributed by atoms with Crippen molar-refractivity contribution in [3.05, 3.63) is 56.4 Å². The number of phenols is 1. The van der Waals surface area contributed by atoms with Gasteiger partial charge in [0, 0.05) is 43.9 Å². The molecule has 0 saturated carbocycles. The van der Waals surface area contributed by atoms with Crippen molar-refractivity contribution in [1.29, 1.82) is 0 Å². The molecule has 0 amide bonds. The highest BCUT2D eigenvalue weighted by Crippen LogP contribution is 2.39. The maximum atomic E-state index is 12.1. The molecular formula is C19H21BrN2O3. The molecule has 1 aromatic heterocycles. The molecule has 6 heteroatoms. The Bertz CT molecular complexity index is 864. The third-order valence-corrected chi connectivity index (χ3v) is 6.21. The number of methoxy groups -OCH3 is 1. The van der Waals surface area contributed by atoms with E-state index in [-0.39, 0.29) is 11.3 Å². The molecule has 2 aromatic rings. The van der Waals surface area contributed by atoms with Gasteiger partial charge in [0.25, 0.3) is 5.56 Å². The van der Waals surface area contributed by atoms with Crippen LogP contribution in [0.2, 0.25) is 0 Å². The van der Waals surface area contributed by atoms with Gasteiger partial charge in [0.15, 0.2) is 11.5 Å². The largest absolute Gasteiger partial charge is 0.503 e. The Kier molecular flexibility index (Phi) is 4.33. The van der Waals surface area contributed by atoms with Gasteiger partial charge in [0.05, 0.1) is 11.6 Å². The number of aromatic nitrogens is 1. The summed E-state index contributed by atoms with van der Waals surface area (Å²) in [5, 5.41) is 10.2. The number of piperidine rings is 1. The Morgan fingerprint density at radius 3 is 2.88 bits per heavy atom. The quantitative estimate of drug-likeness (QED) is 0.854. The van der Waals surface area contributed by atoms with Gasteiger partial charge in [0.2, 0.25) is 0 Å². The second kappa shape index (κ2) is 6.50. The number of hydrogen-bond donors (Lipinski definition) is 1. The van der Waals surface area contributed by atoms with Crippen LogP contribution in [0.15, 0.2) is 39.6 Å². The Balaban J connectivity index is 1.57. The van der Waals surface area contributed by atoms with E-state index in [2.05, 4.69) is 26.9 Å². The van der Waals surface area contributed by atoms with Crippen LogP contribution in [0, 0.1) is 5.92 Å². The highest BCUT2D eigenvalue weighted by Gasteiger charge is 2.34. The zero-order chi connectivity index (χ0) is 17.6. The molecule has 132 valence electrons. The zero-order valence-electron chi connectivity index (χ0n) is 14.1. The Labute approximate surface area is 155 Å². The summed E-state index contributed by atoms with van der Waals surface area (Å²) in [7, 11) is 1.55. The molecule has 0 aliphatic carbocycles. The van der Waals surface area contributed by atoms with E-state index in [9.17, 15) is 9.90 Å². The Morgan fingerprint density at radius 1 is 1.24 bits per heavy atom. The molecule has 1 saturated heterocycles. The van der Waals surface area contributed by atoms with Crippen LogP contribution in [-0.4, -0.2) is 34.8 Å². The molecule has 2 bridgehead atoms. The average Bonchev–Trinajstić information content (AvgIpc) is 2.60. The van der Waals surface area contributed by atoms with Gasteiger partial charge in [-0.2, -0.15) is 0 Å². The summed E-state index contributed by atoms with van der Waals surface area (Å²) in [5.74, 6) is 1.51. The van der Waals surface area contributed by atoms with Crippen molar-refractivity contribution in [1.82, 2.24) is 9.47 Å². The van der Waals surface area contributed by atoms with Gasteiger partial charge in [-0.05, 0) is 46.0 Å². The van der Waals surface area contributed by atoms with E-state index in [4.69, 9.17) is 4.74 Å². The summed E-state index contributed by atoms with van der Waals surface area (Å²) in [6, 6.07) is 9.40. The van der Waals surface area contributed by atoms with Gasteiger partial charge in [-0.15, -0.1) is 0 Å². The number of nitrogens with zero attached hydrogens (tertiary/aromatic N) is 2. The van der Waals surface area contributed by atoms with Gasteiger partial charge in [-0.3, -0.25) is 9.69 Å². The number of fused-ring (bicyclic) bond motifs is 4. The standard InChI is InChI=1S/C19H21BrN2O3/c1-25-16-6-5-13(18(20)19(16)24)10-21-8-12-7-14(11-21)15-3-2-4-17(23)22(15)9-12/h2-6,12,14,24H,7-11H2,1H3/t12-,14-/m1/s1. The van der Waals surface area contributed by atoms with Crippen LogP contribution < -0.4 is 10.3 Å². The zero-order valence-corrected chi connectivity index (χ0v) is 15.7. The van der Waals surface area contributed by atoms with Crippen molar-refractivity contribution >= 4 is 15.9 Å². The number of phenolic OH excluding ortho intramolecular Hbond substituents is 1. The van der Waals surface area contributed by atoms with Crippen molar-refractivity contribution in [2.75, 3.05) is 20.2 Å². The van der Waals surface area contributed by atoms with E-state index in [1.54, 1.807) is 19.2 Å². The fourth-order valence-electron chi connectivity index (χ4n) is 4.24. The molecule has 2 aliphatic heterocycles. The third kappa shape index (κ3) is 2.98. The lowest BCUT2D eigenvalue weighted by atomic mass is 9.83. The van der Waals surface area contributed by atoms with Crippen LogP contribution in [0.1, 0.15) is 23.6 Å². The summed E-state index contributed by atoms with van der Waals surface area (Å²) in [6.07, 6.45) is 1.15. The SMILES string of the molecule is COc1ccc(CN2C[C@H]3C[C@H](C2)c2cccc(=O)n2C3)c(Br)c1O. The predicted molar refractivity (Wildman–Crippen MR) is 99.2 cm³/mol. The Morgan fingerprint density at radius 2 is 2.08 bits per heavy atom. The fourth-order valence-corrected chi connectivity index (χ4v) is 4.69. The number of likely N-dealkylation sites (tertiary alicyclic amines) is 1. The first kappa shape index (κ1) is 16.7. The maximum Gasteiger partial charge on any atom is 0.250 e. The van der Waals surface area contributed by atoms with Gasteiger partial charge >= 0.3 is 0 Å². The van der Waals surface area contributed by atoms with E-state index in [0.29, 0.717) is 22.1 Å². The molecule has 5 nitrogen and oxygen atoms in total. The summed E-state index contributed by atoms with van der Waals surface area (Å²) in [6.45, 7) is 3.47. The van der Waals surface area contributed by atoms with Crippen LogP contribution >= 0.6 is 15.9 Å². The second-order valence-corrected chi connectivity index (χ2v) is 7.77. The lowest BCUT2D eigenvalue weighted by molar-refractivity contribution is 0.114. The van der Waals surface area contributed by atoms with Gasteiger partial charge in [0.1, 0.15) is 0 Å². The number of halogens is 1. The molecule has 3 heterocycles. The van der Waals surface area contributed by atoms with E-state index in [1.807, 2.05) is 16.7 Å². The molecule has 1 fully saturated rings. The molecule has 1 aromatic carbocycles. The van der Waals surface area contributed by atoms with E-state index in [0.717, 1.165) is 43.9 Å². The van der Waals surface area contributed by atoms with Gasteiger partial charge < -0.3 is 14.4 Å². The highest BCUT2D eigenvalue weighted by atomic mass is 79.9. The average molecular weight is 405 g/mol. The summed E-state index contributed by atoms with van der Waals surface area (Å²) >= 11 is 3.49. The number of pyridine rings is 1. The van der Waals surface area contributed by atoms with E-state index in [1.165, 1.54) is 0 Å². The third-order valence-electron chi connectivity index (χ3n) is 5.33. The minimum absolute atomic E-state index is 0.114. The molecule has 0 unspecified atom stereocenters. The summed E-state index contributed by atoms with van der Waals surface area (Å²) < 4.78 is 7.80.